The molecule has 132 valence electrons. The van der Waals surface area contributed by atoms with Gasteiger partial charge in [0.05, 0.1) is 5.25 Å². The van der Waals surface area contributed by atoms with Crippen molar-refractivity contribution in [2.24, 2.45) is 0 Å². The number of para-hydroxylation sites is 1. The summed E-state index contributed by atoms with van der Waals surface area (Å²) in [6, 6.07) is 17.8. The molecule has 2 aromatic carbocycles. The van der Waals surface area contributed by atoms with Crippen LogP contribution in [0.1, 0.15) is 31.6 Å². The molecule has 0 radical (unpaired) electrons. The Bertz CT molecular complexity index is 906. The highest BCUT2D eigenvalue weighted by atomic mass is 32.2. The molecule has 1 saturated carbocycles. The van der Waals surface area contributed by atoms with Gasteiger partial charge in [0.2, 0.25) is 11.8 Å². The van der Waals surface area contributed by atoms with Crippen LogP contribution in [-0.4, -0.2) is 21.4 Å². The smallest absolute Gasteiger partial charge is 0.277 e. The molecule has 1 aliphatic carbocycles. The molecule has 6 heteroatoms. The second-order valence-electron chi connectivity index (χ2n) is 6.34. The van der Waals surface area contributed by atoms with Gasteiger partial charge in [-0.3, -0.25) is 4.79 Å². The maximum atomic E-state index is 12.6. The number of benzene rings is 2. The maximum absolute atomic E-state index is 12.6. The molecule has 0 saturated heterocycles. The number of anilines is 1. The third kappa shape index (κ3) is 3.80. The normalized spacial score (nSPS) is 14.8. The van der Waals surface area contributed by atoms with Crippen LogP contribution in [0.15, 0.2) is 64.2 Å². The van der Waals surface area contributed by atoms with Crippen LogP contribution in [0.4, 0.5) is 5.69 Å². The Balaban J connectivity index is 1.45. The molecule has 0 bridgehead atoms. The van der Waals surface area contributed by atoms with Crippen LogP contribution in [0.2, 0.25) is 0 Å². The van der Waals surface area contributed by atoms with Crippen LogP contribution in [0.3, 0.4) is 0 Å². The van der Waals surface area contributed by atoms with Crippen molar-refractivity contribution in [3.63, 3.8) is 0 Å². The minimum atomic E-state index is -0.341. The van der Waals surface area contributed by atoms with Crippen molar-refractivity contribution in [1.82, 2.24) is 10.2 Å². The van der Waals surface area contributed by atoms with E-state index in [4.69, 9.17) is 4.42 Å². The fourth-order valence-corrected chi connectivity index (χ4v) is 3.35. The summed E-state index contributed by atoms with van der Waals surface area (Å²) in [5, 5.41) is 11.2. The summed E-state index contributed by atoms with van der Waals surface area (Å²) in [6.07, 6.45) is 2.22. The molecule has 1 aliphatic rings. The van der Waals surface area contributed by atoms with Gasteiger partial charge in [0.15, 0.2) is 0 Å². The van der Waals surface area contributed by atoms with E-state index >= 15 is 0 Å². The lowest BCUT2D eigenvalue weighted by Crippen LogP contribution is -2.22. The molecule has 0 aliphatic heterocycles. The number of amides is 1. The van der Waals surface area contributed by atoms with Crippen molar-refractivity contribution in [3.8, 4) is 11.1 Å². The molecule has 0 spiro atoms. The SMILES string of the molecule is C[C@@H](Sc1nnc(C2CC2)o1)C(=O)Nc1ccccc1-c1ccccc1. The van der Waals surface area contributed by atoms with E-state index in [9.17, 15) is 4.79 Å². The topological polar surface area (TPSA) is 68.0 Å². The monoisotopic (exact) mass is 365 g/mol. The molecule has 4 rings (SSSR count). The van der Waals surface area contributed by atoms with Crippen LogP contribution in [0.5, 0.6) is 0 Å². The number of carbonyl (C=O) groups excluding carboxylic acids is 1. The molecule has 5 nitrogen and oxygen atoms in total. The molecule has 1 fully saturated rings. The van der Waals surface area contributed by atoms with Crippen molar-refractivity contribution in [2.45, 2.75) is 36.2 Å². The first-order valence-electron chi connectivity index (χ1n) is 8.66. The summed E-state index contributed by atoms with van der Waals surface area (Å²) in [5.74, 6) is 1.01. The van der Waals surface area contributed by atoms with Gasteiger partial charge in [0.1, 0.15) is 0 Å². The Labute approximate surface area is 156 Å². The highest BCUT2D eigenvalue weighted by Crippen LogP contribution is 2.40. The lowest BCUT2D eigenvalue weighted by molar-refractivity contribution is -0.115. The third-order valence-electron chi connectivity index (χ3n) is 4.27. The van der Waals surface area contributed by atoms with Gasteiger partial charge in [-0.1, -0.05) is 60.3 Å². The minimum Gasteiger partial charge on any atom is -0.416 e. The number of rotatable bonds is 6. The van der Waals surface area contributed by atoms with Crippen molar-refractivity contribution in [2.75, 3.05) is 5.32 Å². The van der Waals surface area contributed by atoms with Crippen LogP contribution in [0, 0.1) is 0 Å². The van der Waals surface area contributed by atoms with E-state index in [1.54, 1.807) is 0 Å². The number of nitrogens with zero attached hydrogens (tertiary/aromatic N) is 2. The summed E-state index contributed by atoms with van der Waals surface area (Å²) in [5.41, 5.74) is 2.85. The van der Waals surface area contributed by atoms with Crippen LogP contribution in [0.25, 0.3) is 11.1 Å². The molecule has 0 unspecified atom stereocenters. The molecule has 1 amide bonds. The lowest BCUT2D eigenvalue weighted by Gasteiger charge is -2.14. The molecule has 1 atom stereocenters. The average Bonchev–Trinajstić information content (AvgIpc) is 3.42. The summed E-state index contributed by atoms with van der Waals surface area (Å²) in [4.78, 5) is 12.6. The van der Waals surface area contributed by atoms with E-state index in [0.717, 1.165) is 29.7 Å². The fourth-order valence-electron chi connectivity index (χ4n) is 2.66. The van der Waals surface area contributed by atoms with Crippen molar-refractivity contribution in [3.05, 3.63) is 60.5 Å². The average molecular weight is 365 g/mol. The predicted molar refractivity (Wildman–Crippen MR) is 102 cm³/mol. The second kappa shape index (κ2) is 7.33. The van der Waals surface area contributed by atoms with Crippen LogP contribution >= 0.6 is 11.8 Å². The van der Waals surface area contributed by atoms with E-state index in [1.807, 2.05) is 61.5 Å². The summed E-state index contributed by atoms with van der Waals surface area (Å²) in [6.45, 7) is 1.84. The van der Waals surface area contributed by atoms with E-state index < -0.39 is 0 Å². The third-order valence-corrected chi connectivity index (χ3v) is 5.20. The Morgan fingerprint density at radius 1 is 1.12 bits per heavy atom. The lowest BCUT2D eigenvalue weighted by atomic mass is 10.0. The highest BCUT2D eigenvalue weighted by Gasteiger charge is 2.30. The Morgan fingerprint density at radius 2 is 1.85 bits per heavy atom. The maximum Gasteiger partial charge on any atom is 0.277 e. The van der Waals surface area contributed by atoms with Crippen molar-refractivity contribution in [1.29, 1.82) is 0 Å². The van der Waals surface area contributed by atoms with E-state index in [2.05, 4.69) is 15.5 Å². The van der Waals surface area contributed by atoms with Gasteiger partial charge in [-0.2, -0.15) is 0 Å². The van der Waals surface area contributed by atoms with Gasteiger partial charge in [-0.15, -0.1) is 10.2 Å². The number of thioether (sulfide) groups is 1. The zero-order valence-electron chi connectivity index (χ0n) is 14.4. The predicted octanol–water partition coefficient (Wildman–Crippen LogP) is 4.73. The minimum absolute atomic E-state index is 0.0930. The van der Waals surface area contributed by atoms with Gasteiger partial charge in [0.25, 0.3) is 5.22 Å². The summed E-state index contributed by atoms with van der Waals surface area (Å²) in [7, 11) is 0. The molecule has 1 N–H and O–H groups in total. The molecular weight excluding hydrogens is 346 g/mol. The molecular formula is C20H19N3O2S. The van der Waals surface area contributed by atoms with Gasteiger partial charge in [-0.25, -0.2) is 0 Å². The van der Waals surface area contributed by atoms with Crippen molar-refractivity contribution < 1.29 is 9.21 Å². The number of hydrogen-bond acceptors (Lipinski definition) is 5. The number of aromatic nitrogens is 2. The van der Waals surface area contributed by atoms with Gasteiger partial charge in [0, 0.05) is 17.2 Å². The second-order valence-corrected chi connectivity index (χ2v) is 7.63. The van der Waals surface area contributed by atoms with Gasteiger partial charge in [-0.05, 0) is 31.4 Å². The Hall–Kier alpha value is -2.60. The highest BCUT2D eigenvalue weighted by molar-refractivity contribution is 8.00. The quantitative estimate of drug-likeness (QED) is 0.639. The standard InChI is InChI=1S/C20H19N3O2S/c1-13(26-20-23-22-19(25-20)15-11-12-15)18(24)21-17-10-6-5-9-16(17)14-7-3-2-4-8-14/h2-10,13,15H,11-12H2,1H3,(H,21,24)/t13-/m1/s1. The zero-order valence-corrected chi connectivity index (χ0v) is 15.2. The van der Waals surface area contributed by atoms with Crippen LogP contribution in [-0.2, 0) is 4.79 Å². The van der Waals surface area contributed by atoms with Crippen LogP contribution < -0.4 is 5.32 Å². The van der Waals surface area contributed by atoms with Gasteiger partial charge >= 0.3 is 0 Å². The zero-order chi connectivity index (χ0) is 17.9. The fraction of sp³-hybridized carbons (Fsp3) is 0.250. The first kappa shape index (κ1) is 16.8. The largest absolute Gasteiger partial charge is 0.416 e. The molecule has 1 heterocycles. The number of nitrogens with one attached hydrogen (secondary N) is 1. The number of hydrogen-bond donors (Lipinski definition) is 1. The molecule has 3 aromatic rings. The number of carbonyl (C=O) groups is 1. The first-order valence-corrected chi connectivity index (χ1v) is 9.54. The van der Waals surface area contributed by atoms with E-state index in [0.29, 0.717) is 17.0 Å². The molecule has 26 heavy (non-hydrogen) atoms. The molecule has 1 aromatic heterocycles. The first-order chi connectivity index (χ1) is 12.7. The van der Waals surface area contributed by atoms with Gasteiger partial charge < -0.3 is 9.73 Å². The Kier molecular flexibility index (Phi) is 4.75. The van der Waals surface area contributed by atoms with E-state index in [1.165, 1.54) is 11.8 Å². The Morgan fingerprint density at radius 3 is 2.62 bits per heavy atom. The van der Waals surface area contributed by atoms with Crippen molar-refractivity contribution >= 4 is 23.4 Å². The summed E-state index contributed by atoms with van der Waals surface area (Å²) >= 11 is 1.29. The summed E-state index contributed by atoms with van der Waals surface area (Å²) < 4.78 is 5.63. The van der Waals surface area contributed by atoms with E-state index in [-0.39, 0.29) is 11.2 Å².